The quantitative estimate of drug-likeness (QED) is 0.764. The lowest BCUT2D eigenvalue weighted by Gasteiger charge is -2.09. The maximum absolute atomic E-state index is 12.2. The summed E-state index contributed by atoms with van der Waals surface area (Å²) in [6, 6.07) is 14.6. The van der Waals surface area contributed by atoms with E-state index in [1.807, 2.05) is 31.2 Å². The largest absolute Gasteiger partial charge is 0.508 e. The zero-order valence-corrected chi connectivity index (χ0v) is 14.2. The van der Waals surface area contributed by atoms with Crippen molar-refractivity contribution in [2.45, 2.75) is 20.3 Å². The summed E-state index contributed by atoms with van der Waals surface area (Å²) in [6.45, 7) is 3.82. The molecule has 0 spiro atoms. The number of benzene rings is 2. The summed E-state index contributed by atoms with van der Waals surface area (Å²) < 4.78 is 0. The molecule has 0 atom stereocenters. The van der Waals surface area contributed by atoms with E-state index in [1.54, 1.807) is 37.4 Å². The second-order valence-electron chi connectivity index (χ2n) is 5.95. The molecule has 1 amide bonds. The number of hydrogen-bond acceptors (Lipinski definition) is 4. The first-order valence-corrected chi connectivity index (χ1v) is 8.00. The maximum Gasteiger partial charge on any atom is 0.229 e. The van der Waals surface area contributed by atoms with Crippen LogP contribution in [0.4, 0.5) is 5.82 Å². The zero-order chi connectivity index (χ0) is 17.8. The minimum absolute atomic E-state index is 0.126. The van der Waals surface area contributed by atoms with Gasteiger partial charge in [0, 0.05) is 5.56 Å². The van der Waals surface area contributed by atoms with Gasteiger partial charge in [0.1, 0.15) is 5.75 Å². The van der Waals surface area contributed by atoms with Gasteiger partial charge in [-0.3, -0.25) is 4.79 Å². The van der Waals surface area contributed by atoms with Gasteiger partial charge in [-0.2, -0.15) is 0 Å². The lowest BCUT2D eigenvalue weighted by Crippen LogP contribution is -2.16. The molecule has 0 fully saturated rings. The van der Waals surface area contributed by atoms with Gasteiger partial charge in [0.25, 0.3) is 0 Å². The summed E-state index contributed by atoms with van der Waals surface area (Å²) in [5.41, 5.74) is 4.30. The average Bonchev–Trinajstić information content (AvgIpc) is 2.59. The van der Waals surface area contributed by atoms with Crippen LogP contribution in [0.1, 0.15) is 16.8 Å². The number of aromatic nitrogens is 2. The molecule has 0 unspecified atom stereocenters. The highest BCUT2D eigenvalue weighted by molar-refractivity contribution is 5.91. The molecule has 0 saturated heterocycles. The van der Waals surface area contributed by atoms with Crippen LogP contribution in [0.5, 0.6) is 5.75 Å². The summed E-state index contributed by atoms with van der Waals surface area (Å²) in [5.74, 6) is 0.534. The van der Waals surface area contributed by atoms with Crippen LogP contribution in [-0.2, 0) is 11.2 Å². The Labute approximate surface area is 146 Å². The molecule has 0 aliphatic heterocycles. The van der Waals surface area contributed by atoms with Gasteiger partial charge >= 0.3 is 0 Å². The van der Waals surface area contributed by atoms with Gasteiger partial charge in [-0.05, 0) is 43.7 Å². The number of nitrogens with zero attached hydrogens (tertiary/aromatic N) is 2. The second-order valence-corrected chi connectivity index (χ2v) is 5.95. The molecule has 1 heterocycles. The third-order valence-corrected chi connectivity index (χ3v) is 3.85. The molecular weight excluding hydrogens is 314 g/mol. The number of nitrogens with one attached hydrogen (secondary N) is 1. The molecule has 1 aromatic heterocycles. The Morgan fingerprint density at radius 3 is 2.36 bits per heavy atom. The van der Waals surface area contributed by atoms with Crippen molar-refractivity contribution in [3.05, 3.63) is 71.5 Å². The molecule has 2 N–H and O–H groups in total. The maximum atomic E-state index is 12.2. The topological polar surface area (TPSA) is 75.1 Å². The Bertz CT molecular complexity index is 888. The highest BCUT2D eigenvalue weighted by Crippen LogP contribution is 2.21. The third-order valence-electron chi connectivity index (χ3n) is 3.85. The molecular formula is C20H19N3O2. The van der Waals surface area contributed by atoms with Gasteiger partial charge in [0.05, 0.1) is 24.0 Å². The summed E-state index contributed by atoms with van der Waals surface area (Å²) in [5, 5.41) is 12.2. The van der Waals surface area contributed by atoms with Crippen molar-refractivity contribution in [2.75, 3.05) is 5.32 Å². The molecule has 0 aliphatic carbocycles. The minimum atomic E-state index is -0.126. The average molecular weight is 333 g/mol. The van der Waals surface area contributed by atoms with Crippen molar-refractivity contribution in [3.63, 3.8) is 0 Å². The van der Waals surface area contributed by atoms with Crippen molar-refractivity contribution >= 4 is 11.7 Å². The van der Waals surface area contributed by atoms with Gasteiger partial charge < -0.3 is 10.4 Å². The van der Waals surface area contributed by atoms with E-state index in [-0.39, 0.29) is 11.7 Å². The lowest BCUT2D eigenvalue weighted by atomic mass is 10.1. The van der Waals surface area contributed by atoms with E-state index in [2.05, 4.69) is 15.3 Å². The first-order valence-electron chi connectivity index (χ1n) is 8.00. The van der Waals surface area contributed by atoms with Crippen LogP contribution in [-0.4, -0.2) is 21.0 Å². The monoisotopic (exact) mass is 333 g/mol. The Hall–Kier alpha value is -3.21. The zero-order valence-electron chi connectivity index (χ0n) is 14.2. The highest BCUT2D eigenvalue weighted by atomic mass is 16.3. The Morgan fingerprint density at radius 2 is 1.72 bits per heavy atom. The fraction of sp³-hybridized carbons (Fsp3) is 0.150. The molecule has 25 heavy (non-hydrogen) atoms. The van der Waals surface area contributed by atoms with Gasteiger partial charge in [-0.1, -0.05) is 29.8 Å². The molecule has 2 aromatic carbocycles. The Kier molecular flexibility index (Phi) is 4.75. The van der Waals surface area contributed by atoms with Crippen molar-refractivity contribution in [3.8, 4) is 17.0 Å². The Morgan fingerprint density at radius 1 is 1.04 bits per heavy atom. The third kappa shape index (κ3) is 4.20. The number of hydrogen-bond donors (Lipinski definition) is 2. The molecule has 5 nitrogen and oxygen atoms in total. The standard InChI is InChI=1S/C20H19N3O2/c1-13-3-5-15(6-4-13)11-19(25)23-20-14(2)22-18(12-21-20)16-7-9-17(24)10-8-16/h3-10,12,24H,11H2,1-2H3,(H,21,23,25). The van der Waals surface area contributed by atoms with E-state index in [0.29, 0.717) is 23.6 Å². The molecule has 0 aliphatic rings. The predicted octanol–water partition coefficient (Wildman–Crippen LogP) is 3.65. The van der Waals surface area contributed by atoms with Crippen LogP contribution in [0, 0.1) is 13.8 Å². The molecule has 0 bridgehead atoms. The second kappa shape index (κ2) is 7.13. The van der Waals surface area contributed by atoms with Crippen LogP contribution in [0.15, 0.2) is 54.7 Å². The van der Waals surface area contributed by atoms with E-state index in [9.17, 15) is 9.90 Å². The van der Waals surface area contributed by atoms with E-state index < -0.39 is 0 Å². The van der Waals surface area contributed by atoms with Crippen LogP contribution < -0.4 is 5.32 Å². The molecule has 0 saturated carbocycles. The number of anilines is 1. The van der Waals surface area contributed by atoms with Crippen LogP contribution >= 0.6 is 0 Å². The number of phenolic OH excluding ortho intramolecular Hbond substituents is 1. The summed E-state index contributed by atoms with van der Waals surface area (Å²) in [4.78, 5) is 21.0. The van der Waals surface area contributed by atoms with Gasteiger partial charge in [-0.15, -0.1) is 0 Å². The molecule has 0 radical (unpaired) electrons. The van der Waals surface area contributed by atoms with Crippen molar-refractivity contribution in [1.29, 1.82) is 0 Å². The Balaban J connectivity index is 1.71. The normalized spacial score (nSPS) is 10.5. The number of aromatic hydroxyl groups is 1. The highest BCUT2D eigenvalue weighted by Gasteiger charge is 2.10. The van der Waals surface area contributed by atoms with Gasteiger partial charge in [-0.25, -0.2) is 9.97 Å². The number of phenols is 1. The van der Waals surface area contributed by atoms with Gasteiger partial charge in [0.2, 0.25) is 5.91 Å². The first-order chi connectivity index (χ1) is 12.0. The summed E-state index contributed by atoms with van der Waals surface area (Å²) >= 11 is 0. The SMILES string of the molecule is Cc1ccc(CC(=O)Nc2ncc(-c3ccc(O)cc3)nc2C)cc1. The van der Waals surface area contributed by atoms with Crippen molar-refractivity contribution < 1.29 is 9.90 Å². The smallest absolute Gasteiger partial charge is 0.229 e. The number of amides is 1. The number of carbonyl (C=O) groups is 1. The fourth-order valence-corrected chi connectivity index (χ4v) is 2.44. The molecule has 5 heteroatoms. The summed E-state index contributed by atoms with van der Waals surface area (Å²) in [7, 11) is 0. The van der Waals surface area contributed by atoms with Crippen molar-refractivity contribution in [2.24, 2.45) is 0 Å². The fourth-order valence-electron chi connectivity index (χ4n) is 2.44. The predicted molar refractivity (Wildman–Crippen MR) is 97.4 cm³/mol. The first kappa shape index (κ1) is 16.6. The molecule has 126 valence electrons. The van der Waals surface area contributed by atoms with Crippen molar-refractivity contribution in [1.82, 2.24) is 9.97 Å². The van der Waals surface area contributed by atoms with Crippen LogP contribution in [0.2, 0.25) is 0 Å². The van der Waals surface area contributed by atoms with Crippen LogP contribution in [0.3, 0.4) is 0 Å². The lowest BCUT2D eigenvalue weighted by molar-refractivity contribution is -0.115. The number of rotatable bonds is 4. The number of aryl methyl sites for hydroxylation is 2. The van der Waals surface area contributed by atoms with Gasteiger partial charge in [0.15, 0.2) is 5.82 Å². The van der Waals surface area contributed by atoms with E-state index >= 15 is 0 Å². The minimum Gasteiger partial charge on any atom is -0.508 e. The summed E-state index contributed by atoms with van der Waals surface area (Å²) in [6.07, 6.45) is 1.90. The molecule has 3 aromatic rings. The van der Waals surface area contributed by atoms with E-state index in [0.717, 1.165) is 16.7 Å². The van der Waals surface area contributed by atoms with E-state index in [4.69, 9.17) is 0 Å². The number of carbonyl (C=O) groups excluding carboxylic acids is 1. The molecule has 3 rings (SSSR count). The van der Waals surface area contributed by atoms with Crippen LogP contribution in [0.25, 0.3) is 11.3 Å². The van der Waals surface area contributed by atoms with E-state index in [1.165, 1.54) is 0 Å².